The lowest BCUT2D eigenvalue weighted by atomic mass is 10.0. The molecule has 3 nitrogen and oxygen atoms in total. The summed E-state index contributed by atoms with van der Waals surface area (Å²) >= 11 is 6.06. The Labute approximate surface area is 112 Å². The van der Waals surface area contributed by atoms with E-state index >= 15 is 0 Å². The van der Waals surface area contributed by atoms with Gasteiger partial charge in [-0.25, -0.2) is 0 Å². The molecule has 1 unspecified atom stereocenters. The van der Waals surface area contributed by atoms with Gasteiger partial charge < -0.3 is 5.11 Å². The highest BCUT2D eigenvalue weighted by atomic mass is 35.5. The van der Waals surface area contributed by atoms with E-state index < -0.39 is 0 Å². The van der Waals surface area contributed by atoms with Crippen molar-refractivity contribution in [2.75, 3.05) is 0 Å². The molecule has 1 aromatic carbocycles. The summed E-state index contributed by atoms with van der Waals surface area (Å²) in [5.74, 6) is 0. The highest BCUT2D eigenvalue weighted by Crippen LogP contribution is 2.18. The standard InChI is InChI=1S/C14H17ClN2O/c1-17-10-11(9-16-17)6-7-13(18)8-12-4-2-3-5-14(12)15/h2-5,9-10,13,18H,6-8H2,1H3. The lowest BCUT2D eigenvalue weighted by Gasteiger charge is -2.11. The SMILES string of the molecule is Cn1cc(CCC(O)Cc2ccccc2Cl)cn1. The largest absolute Gasteiger partial charge is 0.393 e. The van der Waals surface area contributed by atoms with Gasteiger partial charge in [-0.3, -0.25) is 4.68 Å². The Bertz CT molecular complexity index is 510. The summed E-state index contributed by atoms with van der Waals surface area (Å²) in [5.41, 5.74) is 2.15. The molecular formula is C14H17ClN2O. The highest BCUT2D eigenvalue weighted by molar-refractivity contribution is 6.31. The second-order valence-electron chi connectivity index (χ2n) is 4.51. The molecule has 0 radical (unpaired) electrons. The minimum atomic E-state index is -0.370. The number of aliphatic hydroxyl groups is 1. The van der Waals surface area contributed by atoms with Crippen LogP contribution in [0.25, 0.3) is 0 Å². The quantitative estimate of drug-likeness (QED) is 0.902. The molecule has 0 aliphatic heterocycles. The van der Waals surface area contributed by atoms with Gasteiger partial charge in [-0.05, 0) is 36.5 Å². The van der Waals surface area contributed by atoms with E-state index in [9.17, 15) is 5.11 Å². The maximum atomic E-state index is 10.0. The second-order valence-corrected chi connectivity index (χ2v) is 4.92. The van der Waals surface area contributed by atoms with Gasteiger partial charge in [0.15, 0.2) is 0 Å². The van der Waals surface area contributed by atoms with E-state index in [1.54, 1.807) is 4.68 Å². The predicted octanol–water partition coefficient (Wildman–Crippen LogP) is 2.61. The van der Waals surface area contributed by atoms with E-state index in [0.29, 0.717) is 6.42 Å². The molecule has 0 bridgehead atoms. The molecule has 0 aliphatic carbocycles. The van der Waals surface area contributed by atoms with Gasteiger partial charge in [-0.1, -0.05) is 29.8 Å². The summed E-state index contributed by atoms with van der Waals surface area (Å²) in [5, 5.41) is 14.8. The van der Waals surface area contributed by atoms with E-state index in [4.69, 9.17) is 11.6 Å². The van der Waals surface area contributed by atoms with E-state index in [1.807, 2.05) is 43.7 Å². The summed E-state index contributed by atoms with van der Waals surface area (Å²) < 4.78 is 1.77. The van der Waals surface area contributed by atoms with Gasteiger partial charge in [0, 0.05) is 18.3 Å². The van der Waals surface area contributed by atoms with Gasteiger partial charge in [0.1, 0.15) is 0 Å². The minimum Gasteiger partial charge on any atom is -0.393 e. The van der Waals surface area contributed by atoms with Crippen LogP contribution in [-0.4, -0.2) is 21.0 Å². The lowest BCUT2D eigenvalue weighted by Crippen LogP contribution is -2.11. The first-order valence-corrected chi connectivity index (χ1v) is 6.42. The zero-order valence-corrected chi connectivity index (χ0v) is 11.1. The van der Waals surface area contributed by atoms with Crippen molar-refractivity contribution < 1.29 is 5.11 Å². The molecule has 0 aliphatic rings. The molecule has 2 rings (SSSR count). The molecule has 2 aromatic rings. The zero-order chi connectivity index (χ0) is 13.0. The molecule has 96 valence electrons. The van der Waals surface area contributed by atoms with Crippen molar-refractivity contribution >= 4 is 11.6 Å². The van der Waals surface area contributed by atoms with Crippen LogP contribution >= 0.6 is 11.6 Å². The Hall–Kier alpha value is -1.32. The van der Waals surface area contributed by atoms with Crippen LogP contribution in [0.3, 0.4) is 0 Å². The van der Waals surface area contributed by atoms with Crippen LogP contribution < -0.4 is 0 Å². The number of aliphatic hydroxyl groups excluding tert-OH is 1. The normalized spacial score (nSPS) is 12.6. The van der Waals surface area contributed by atoms with Crippen LogP contribution in [0.15, 0.2) is 36.7 Å². The lowest BCUT2D eigenvalue weighted by molar-refractivity contribution is 0.165. The van der Waals surface area contributed by atoms with Gasteiger partial charge >= 0.3 is 0 Å². The van der Waals surface area contributed by atoms with E-state index in [-0.39, 0.29) is 6.10 Å². The minimum absolute atomic E-state index is 0.370. The third kappa shape index (κ3) is 3.59. The van der Waals surface area contributed by atoms with E-state index in [0.717, 1.165) is 29.0 Å². The number of aromatic nitrogens is 2. The van der Waals surface area contributed by atoms with Crippen LogP contribution in [0.4, 0.5) is 0 Å². The van der Waals surface area contributed by atoms with Crippen LogP contribution in [0.1, 0.15) is 17.5 Å². The predicted molar refractivity (Wildman–Crippen MR) is 72.7 cm³/mol. The molecule has 1 N–H and O–H groups in total. The topological polar surface area (TPSA) is 38.0 Å². The third-order valence-corrected chi connectivity index (χ3v) is 3.31. The highest BCUT2D eigenvalue weighted by Gasteiger charge is 2.09. The number of aryl methyl sites for hydroxylation is 2. The van der Waals surface area contributed by atoms with Crippen molar-refractivity contribution in [1.82, 2.24) is 9.78 Å². The maximum Gasteiger partial charge on any atom is 0.0584 e. The number of rotatable bonds is 5. The molecular weight excluding hydrogens is 248 g/mol. The van der Waals surface area contributed by atoms with Crippen molar-refractivity contribution in [3.63, 3.8) is 0 Å². The van der Waals surface area contributed by atoms with Gasteiger partial charge in [0.2, 0.25) is 0 Å². The zero-order valence-electron chi connectivity index (χ0n) is 10.4. The Morgan fingerprint density at radius 2 is 2.17 bits per heavy atom. The molecule has 18 heavy (non-hydrogen) atoms. The van der Waals surface area contributed by atoms with Gasteiger partial charge in [0.25, 0.3) is 0 Å². The molecule has 4 heteroatoms. The molecule has 1 aromatic heterocycles. The molecule has 1 atom stereocenters. The number of halogens is 1. The molecule has 0 fully saturated rings. The van der Waals surface area contributed by atoms with Gasteiger partial charge in [-0.15, -0.1) is 0 Å². The first-order chi connectivity index (χ1) is 8.65. The summed E-state index contributed by atoms with van der Waals surface area (Å²) in [4.78, 5) is 0. The number of nitrogens with zero attached hydrogens (tertiary/aromatic N) is 2. The fraction of sp³-hybridized carbons (Fsp3) is 0.357. The van der Waals surface area contributed by atoms with Crippen LogP contribution in [-0.2, 0) is 19.9 Å². The third-order valence-electron chi connectivity index (χ3n) is 2.94. The van der Waals surface area contributed by atoms with Crippen molar-refractivity contribution in [1.29, 1.82) is 0 Å². The van der Waals surface area contributed by atoms with Crippen molar-refractivity contribution in [2.45, 2.75) is 25.4 Å². The average molecular weight is 265 g/mol. The Kier molecular flexibility index (Phi) is 4.39. The molecule has 0 saturated heterocycles. The Balaban J connectivity index is 1.85. The fourth-order valence-electron chi connectivity index (χ4n) is 1.95. The second kappa shape index (κ2) is 6.03. The number of hydrogen-bond acceptors (Lipinski definition) is 2. The van der Waals surface area contributed by atoms with E-state index in [2.05, 4.69) is 5.10 Å². The van der Waals surface area contributed by atoms with Crippen molar-refractivity contribution in [3.05, 3.63) is 52.8 Å². The monoisotopic (exact) mass is 264 g/mol. The summed E-state index contributed by atoms with van der Waals surface area (Å²) in [6, 6.07) is 7.64. The average Bonchev–Trinajstić information content (AvgIpc) is 2.76. The summed E-state index contributed by atoms with van der Waals surface area (Å²) in [6.07, 6.45) is 5.59. The summed E-state index contributed by atoms with van der Waals surface area (Å²) in [6.45, 7) is 0. The molecule has 0 spiro atoms. The first-order valence-electron chi connectivity index (χ1n) is 6.04. The maximum absolute atomic E-state index is 10.0. The summed E-state index contributed by atoms with van der Waals surface area (Å²) in [7, 11) is 1.89. The number of hydrogen-bond donors (Lipinski definition) is 1. The van der Waals surface area contributed by atoms with Crippen LogP contribution in [0.5, 0.6) is 0 Å². The van der Waals surface area contributed by atoms with Gasteiger partial charge in [-0.2, -0.15) is 5.10 Å². The Morgan fingerprint density at radius 1 is 1.39 bits per heavy atom. The smallest absolute Gasteiger partial charge is 0.0584 e. The first kappa shape index (κ1) is 13.1. The van der Waals surface area contributed by atoms with Crippen molar-refractivity contribution in [3.8, 4) is 0 Å². The molecule has 1 heterocycles. The van der Waals surface area contributed by atoms with Crippen molar-refractivity contribution in [2.24, 2.45) is 7.05 Å². The van der Waals surface area contributed by atoms with Gasteiger partial charge in [0.05, 0.1) is 12.3 Å². The molecule has 0 amide bonds. The van der Waals surface area contributed by atoms with E-state index in [1.165, 1.54) is 0 Å². The fourth-order valence-corrected chi connectivity index (χ4v) is 2.17. The Morgan fingerprint density at radius 3 is 2.83 bits per heavy atom. The molecule has 0 saturated carbocycles. The van der Waals surface area contributed by atoms with Crippen LogP contribution in [0, 0.1) is 0 Å². The van der Waals surface area contributed by atoms with Crippen LogP contribution in [0.2, 0.25) is 5.02 Å². The number of benzene rings is 1.